The highest BCUT2D eigenvalue weighted by Gasteiger charge is 2.14. The van der Waals surface area contributed by atoms with Gasteiger partial charge in [0, 0.05) is 19.8 Å². The van der Waals surface area contributed by atoms with Gasteiger partial charge in [-0.3, -0.25) is 9.48 Å². The van der Waals surface area contributed by atoms with Crippen molar-refractivity contribution in [1.82, 2.24) is 15.1 Å². The average molecular weight is 286 g/mol. The molecule has 1 amide bonds. The monoisotopic (exact) mass is 286 g/mol. The highest BCUT2D eigenvalue weighted by molar-refractivity contribution is 5.82. The topological polar surface area (TPSA) is 72.9 Å². The smallest absolute Gasteiger partial charge is 0.241 e. The molecular formula is C16H22N4O. The predicted octanol–water partition coefficient (Wildman–Crippen LogP) is 1.48. The van der Waals surface area contributed by atoms with Crippen molar-refractivity contribution in [3.05, 3.63) is 53.3 Å². The molecule has 0 radical (unpaired) electrons. The van der Waals surface area contributed by atoms with Crippen LogP contribution in [0, 0.1) is 6.92 Å². The largest absolute Gasteiger partial charge is 0.354 e. The summed E-state index contributed by atoms with van der Waals surface area (Å²) in [6.45, 7) is 2.63. The molecule has 1 heterocycles. The normalized spacial score (nSPS) is 12.1. The van der Waals surface area contributed by atoms with E-state index in [0.29, 0.717) is 6.54 Å². The molecule has 0 saturated heterocycles. The van der Waals surface area contributed by atoms with Crippen molar-refractivity contribution in [3.8, 4) is 0 Å². The van der Waals surface area contributed by atoms with Crippen LogP contribution in [0.1, 0.15) is 29.2 Å². The van der Waals surface area contributed by atoms with Crippen LogP contribution in [0.25, 0.3) is 0 Å². The Balaban J connectivity index is 1.75. The first-order valence-corrected chi connectivity index (χ1v) is 7.13. The van der Waals surface area contributed by atoms with Crippen molar-refractivity contribution in [1.29, 1.82) is 0 Å². The first-order valence-electron chi connectivity index (χ1n) is 7.13. The summed E-state index contributed by atoms with van der Waals surface area (Å²) in [5.41, 5.74) is 9.13. The van der Waals surface area contributed by atoms with E-state index in [1.165, 1.54) is 5.56 Å². The summed E-state index contributed by atoms with van der Waals surface area (Å²) in [7, 11) is 1.89. The molecule has 5 heteroatoms. The fraction of sp³-hybridized carbons (Fsp3) is 0.375. The average Bonchev–Trinajstić information content (AvgIpc) is 2.89. The third-order valence-electron chi connectivity index (χ3n) is 3.42. The lowest BCUT2D eigenvalue weighted by Gasteiger charge is -2.12. The third kappa shape index (κ3) is 4.43. The second kappa shape index (κ2) is 7.04. The van der Waals surface area contributed by atoms with E-state index < -0.39 is 6.04 Å². The van der Waals surface area contributed by atoms with Gasteiger partial charge < -0.3 is 11.1 Å². The van der Waals surface area contributed by atoms with E-state index in [-0.39, 0.29) is 5.91 Å². The van der Waals surface area contributed by atoms with Gasteiger partial charge in [-0.25, -0.2) is 0 Å². The van der Waals surface area contributed by atoms with Crippen LogP contribution in [0.5, 0.6) is 0 Å². The molecule has 5 nitrogen and oxygen atoms in total. The molecule has 0 bridgehead atoms. The number of nitrogens with one attached hydrogen (secondary N) is 1. The van der Waals surface area contributed by atoms with E-state index in [0.717, 1.165) is 24.0 Å². The van der Waals surface area contributed by atoms with Crippen LogP contribution in [0.15, 0.2) is 36.7 Å². The maximum atomic E-state index is 12.0. The van der Waals surface area contributed by atoms with Crippen LogP contribution in [-0.4, -0.2) is 22.2 Å². The number of rotatable bonds is 6. The second-order valence-corrected chi connectivity index (χ2v) is 5.31. The van der Waals surface area contributed by atoms with Crippen molar-refractivity contribution in [3.63, 3.8) is 0 Å². The number of benzene rings is 1. The van der Waals surface area contributed by atoms with E-state index in [1.54, 1.807) is 4.68 Å². The van der Waals surface area contributed by atoms with Crippen LogP contribution in [0.4, 0.5) is 0 Å². The van der Waals surface area contributed by atoms with Gasteiger partial charge in [0.1, 0.15) is 6.04 Å². The number of aromatic nitrogens is 2. The summed E-state index contributed by atoms with van der Waals surface area (Å²) < 4.78 is 1.78. The number of hydrogen-bond acceptors (Lipinski definition) is 3. The summed E-state index contributed by atoms with van der Waals surface area (Å²) in [4.78, 5) is 12.0. The number of aryl methyl sites for hydroxylation is 3. The highest BCUT2D eigenvalue weighted by atomic mass is 16.2. The number of carbonyl (C=O) groups is 1. The Kier molecular flexibility index (Phi) is 5.11. The van der Waals surface area contributed by atoms with Crippen molar-refractivity contribution in [2.24, 2.45) is 12.8 Å². The lowest BCUT2D eigenvalue weighted by Crippen LogP contribution is -2.34. The van der Waals surface area contributed by atoms with Gasteiger partial charge in [0.25, 0.3) is 0 Å². The van der Waals surface area contributed by atoms with Crippen molar-refractivity contribution in [2.75, 3.05) is 6.54 Å². The maximum Gasteiger partial charge on any atom is 0.241 e. The zero-order valence-electron chi connectivity index (χ0n) is 12.5. The standard InChI is InChI=1S/C16H22N4O/c1-12-5-7-14(8-6-12)15(17)16(21)18-9-3-4-13-10-19-20(2)11-13/h5-8,10-11,15H,3-4,9,17H2,1-2H3,(H,18,21). The Morgan fingerprint density at radius 3 is 2.71 bits per heavy atom. The zero-order valence-corrected chi connectivity index (χ0v) is 12.5. The van der Waals surface area contributed by atoms with Crippen molar-refractivity contribution < 1.29 is 4.79 Å². The zero-order chi connectivity index (χ0) is 15.2. The maximum absolute atomic E-state index is 12.0. The molecule has 0 aliphatic carbocycles. The van der Waals surface area contributed by atoms with Gasteiger partial charge in [-0.1, -0.05) is 29.8 Å². The van der Waals surface area contributed by atoms with Crippen molar-refractivity contribution in [2.45, 2.75) is 25.8 Å². The Hall–Kier alpha value is -2.14. The predicted molar refractivity (Wildman–Crippen MR) is 82.6 cm³/mol. The summed E-state index contributed by atoms with van der Waals surface area (Å²) in [6, 6.07) is 7.11. The van der Waals surface area contributed by atoms with E-state index in [2.05, 4.69) is 10.4 Å². The molecule has 2 aromatic rings. The molecule has 1 atom stereocenters. The lowest BCUT2D eigenvalue weighted by atomic mass is 10.1. The van der Waals surface area contributed by atoms with E-state index >= 15 is 0 Å². The Morgan fingerprint density at radius 1 is 1.38 bits per heavy atom. The van der Waals surface area contributed by atoms with E-state index in [1.807, 2.05) is 50.6 Å². The van der Waals surface area contributed by atoms with E-state index in [9.17, 15) is 4.79 Å². The number of hydrogen-bond donors (Lipinski definition) is 2. The van der Waals surface area contributed by atoms with E-state index in [4.69, 9.17) is 5.73 Å². The number of carbonyl (C=O) groups excluding carboxylic acids is 1. The van der Waals surface area contributed by atoms with Gasteiger partial charge in [0.15, 0.2) is 0 Å². The SMILES string of the molecule is Cc1ccc(C(N)C(=O)NCCCc2cnn(C)c2)cc1. The molecule has 112 valence electrons. The summed E-state index contributed by atoms with van der Waals surface area (Å²) in [5.74, 6) is -0.134. The molecule has 0 spiro atoms. The highest BCUT2D eigenvalue weighted by Crippen LogP contribution is 2.11. The summed E-state index contributed by atoms with van der Waals surface area (Å²) in [6.07, 6.45) is 5.60. The molecule has 1 aromatic heterocycles. The number of amides is 1. The minimum absolute atomic E-state index is 0.134. The molecule has 0 aliphatic heterocycles. The molecule has 3 N–H and O–H groups in total. The minimum atomic E-state index is -0.607. The molecule has 21 heavy (non-hydrogen) atoms. The van der Waals surface area contributed by atoms with Gasteiger partial charge in [0.05, 0.1) is 6.20 Å². The molecule has 0 fully saturated rings. The van der Waals surface area contributed by atoms with Gasteiger partial charge in [-0.05, 0) is 30.9 Å². The Labute approximate surface area is 125 Å². The minimum Gasteiger partial charge on any atom is -0.354 e. The second-order valence-electron chi connectivity index (χ2n) is 5.31. The number of nitrogens with two attached hydrogens (primary N) is 1. The van der Waals surface area contributed by atoms with Crippen LogP contribution in [0.3, 0.4) is 0 Å². The van der Waals surface area contributed by atoms with Gasteiger partial charge in [0.2, 0.25) is 5.91 Å². The molecular weight excluding hydrogens is 264 g/mol. The van der Waals surface area contributed by atoms with Crippen LogP contribution >= 0.6 is 0 Å². The lowest BCUT2D eigenvalue weighted by molar-refractivity contribution is -0.122. The third-order valence-corrected chi connectivity index (χ3v) is 3.42. The molecule has 0 saturated carbocycles. The van der Waals surface area contributed by atoms with Gasteiger partial charge in [-0.2, -0.15) is 5.10 Å². The fourth-order valence-corrected chi connectivity index (χ4v) is 2.14. The number of nitrogens with zero attached hydrogens (tertiary/aromatic N) is 2. The Morgan fingerprint density at radius 2 is 2.10 bits per heavy atom. The first kappa shape index (κ1) is 15.3. The summed E-state index contributed by atoms with van der Waals surface area (Å²) in [5, 5.41) is 7.00. The van der Waals surface area contributed by atoms with Crippen molar-refractivity contribution >= 4 is 5.91 Å². The molecule has 2 rings (SSSR count). The fourth-order valence-electron chi connectivity index (χ4n) is 2.14. The van der Waals surface area contributed by atoms with Crippen LogP contribution in [0.2, 0.25) is 0 Å². The summed E-state index contributed by atoms with van der Waals surface area (Å²) >= 11 is 0. The Bertz CT molecular complexity index is 589. The molecule has 1 unspecified atom stereocenters. The quantitative estimate of drug-likeness (QED) is 0.790. The molecule has 1 aromatic carbocycles. The molecule has 0 aliphatic rings. The first-order chi connectivity index (χ1) is 10.1. The van der Waals surface area contributed by atoms with Crippen LogP contribution < -0.4 is 11.1 Å². The van der Waals surface area contributed by atoms with Crippen LogP contribution in [-0.2, 0) is 18.3 Å². The van der Waals surface area contributed by atoms with Gasteiger partial charge in [-0.15, -0.1) is 0 Å². The van der Waals surface area contributed by atoms with Gasteiger partial charge >= 0.3 is 0 Å².